The van der Waals surface area contributed by atoms with Gasteiger partial charge in [-0.25, -0.2) is 4.99 Å². The molecule has 0 bridgehead atoms. The predicted octanol–water partition coefficient (Wildman–Crippen LogP) is 6.68. The molecule has 0 saturated heterocycles. The first-order chi connectivity index (χ1) is 11.2. The SMILES string of the molecule is Clc1ccc(OC(=Nc2ccccc2)C2CCCCC2)c(Cl)c1. The number of halogens is 2. The van der Waals surface area contributed by atoms with Crippen molar-refractivity contribution >= 4 is 34.8 Å². The summed E-state index contributed by atoms with van der Waals surface area (Å²) < 4.78 is 6.10. The Labute approximate surface area is 147 Å². The molecule has 120 valence electrons. The topological polar surface area (TPSA) is 21.6 Å². The van der Waals surface area contributed by atoms with Crippen LogP contribution in [0.4, 0.5) is 5.69 Å². The van der Waals surface area contributed by atoms with Gasteiger partial charge in [0.15, 0.2) is 5.90 Å². The van der Waals surface area contributed by atoms with Crippen molar-refractivity contribution in [3.63, 3.8) is 0 Å². The van der Waals surface area contributed by atoms with Crippen LogP contribution in [0, 0.1) is 5.92 Å². The average Bonchev–Trinajstić information content (AvgIpc) is 2.58. The van der Waals surface area contributed by atoms with Crippen LogP contribution in [0.1, 0.15) is 32.1 Å². The third-order valence-electron chi connectivity index (χ3n) is 4.06. The Morgan fingerprint density at radius 3 is 2.39 bits per heavy atom. The maximum Gasteiger partial charge on any atom is 0.198 e. The molecule has 2 aromatic rings. The Hall–Kier alpha value is -1.51. The number of ether oxygens (including phenoxy) is 1. The van der Waals surface area contributed by atoms with Crippen molar-refractivity contribution in [2.75, 3.05) is 0 Å². The molecule has 0 spiro atoms. The summed E-state index contributed by atoms with van der Waals surface area (Å²) in [7, 11) is 0. The molecule has 1 fully saturated rings. The second-order valence-corrected chi connectivity index (χ2v) is 6.64. The van der Waals surface area contributed by atoms with E-state index in [0.717, 1.165) is 24.4 Å². The van der Waals surface area contributed by atoms with Crippen molar-refractivity contribution in [2.45, 2.75) is 32.1 Å². The number of benzene rings is 2. The molecule has 3 rings (SSSR count). The monoisotopic (exact) mass is 347 g/mol. The molecule has 0 amide bonds. The second-order valence-electron chi connectivity index (χ2n) is 5.80. The summed E-state index contributed by atoms with van der Waals surface area (Å²) in [4.78, 5) is 4.74. The number of nitrogens with zero attached hydrogens (tertiary/aromatic N) is 1. The van der Waals surface area contributed by atoms with Crippen molar-refractivity contribution < 1.29 is 4.74 Å². The highest BCUT2D eigenvalue weighted by Crippen LogP contribution is 2.32. The van der Waals surface area contributed by atoms with Gasteiger partial charge in [-0.2, -0.15) is 0 Å². The smallest absolute Gasteiger partial charge is 0.198 e. The van der Waals surface area contributed by atoms with Gasteiger partial charge in [-0.15, -0.1) is 0 Å². The molecule has 1 aliphatic carbocycles. The number of aliphatic imine (C=N–C) groups is 1. The molecule has 23 heavy (non-hydrogen) atoms. The largest absolute Gasteiger partial charge is 0.441 e. The van der Waals surface area contributed by atoms with Gasteiger partial charge in [-0.3, -0.25) is 0 Å². The van der Waals surface area contributed by atoms with Crippen LogP contribution in [0.5, 0.6) is 5.75 Å². The summed E-state index contributed by atoms with van der Waals surface area (Å²) >= 11 is 12.2. The van der Waals surface area contributed by atoms with E-state index in [2.05, 4.69) is 0 Å². The van der Waals surface area contributed by atoms with Gasteiger partial charge >= 0.3 is 0 Å². The summed E-state index contributed by atoms with van der Waals surface area (Å²) in [6.07, 6.45) is 5.94. The van der Waals surface area contributed by atoms with Gasteiger partial charge in [-0.05, 0) is 43.2 Å². The van der Waals surface area contributed by atoms with Gasteiger partial charge in [0.25, 0.3) is 0 Å². The summed E-state index contributed by atoms with van der Waals surface area (Å²) in [6.45, 7) is 0. The van der Waals surface area contributed by atoms with E-state index in [9.17, 15) is 0 Å². The highest BCUT2D eigenvalue weighted by atomic mass is 35.5. The minimum absolute atomic E-state index is 0.343. The zero-order valence-corrected chi connectivity index (χ0v) is 14.4. The van der Waals surface area contributed by atoms with Crippen molar-refractivity contribution in [2.24, 2.45) is 10.9 Å². The van der Waals surface area contributed by atoms with Crippen LogP contribution in [0.2, 0.25) is 10.0 Å². The molecule has 1 aliphatic rings. The fourth-order valence-corrected chi connectivity index (χ4v) is 3.29. The lowest BCUT2D eigenvalue weighted by Crippen LogP contribution is -2.23. The average molecular weight is 348 g/mol. The molecule has 2 aromatic carbocycles. The van der Waals surface area contributed by atoms with Crippen LogP contribution >= 0.6 is 23.2 Å². The number of hydrogen-bond donors (Lipinski definition) is 0. The first-order valence-corrected chi connectivity index (χ1v) is 8.74. The maximum atomic E-state index is 6.25. The normalized spacial score (nSPS) is 16.3. The highest BCUT2D eigenvalue weighted by Gasteiger charge is 2.22. The molecule has 0 unspecified atom stereocenters. The van der Waals surface area contributed by atoms with E-state index in [4.69, 9.17) is 32.9 Å². The summed E-state index contributed by atoms with van der Waals surface area (Å²) in [5.74, 6) is 1.70. The molecule has 1 saturated carbocycles. The molecule has 0 atom stereocenters. The lowest BCUT2D eigenvalue weighted by atomic mass is 9.89. The van der Waals surface area contributed by atoms with Crippen LogP contribution in [0.25, 0.3) is 0 Å². The van der Waals surface area contributed by atoms with Crippen LogP contribution < -0.4 is 4.74 Å². The second kappa shape index (κ2) is 7.85. The van der Waals surface area contributed by atoms with Gasteiger partial charge in [0, 0.05) is 10.9 Å². The van der Waals surface area contributed by atoms with Crippen molar-refractivity contribution in [1.82, 2.24) is 0 Å². The number of hydrogen-bond acceptors (Lipinski definition) is 2. The first kappa shape index (κ1) is 16.4. The van der Waals surface area contributed by atoms with E-state index in [1.807, 2.05) is 30.3 Å². The molecule has 4 heteroatoms. The standard InChI is InChI=1S/C19H19Cl2NO/c20-15-11-12-18(17(21)13-15)23-19(14-7-3-1-4-8-14)22-16-9-5-2-6-10-16/h2,5-6,9-14H,1,3-4,7-8H2. The fourth-order valence-electron chi connectivity index (χ4n) is 2.85. The first-order valence-electron chi connectivity index (χ1n) is 7.99. The molecule has 0 aromatic heterocycles. The lowest BCUT2D eigenvalue weighted by molar-refractivity contribution is 0.387. The Bertz CT molecular complexity index is 679. The molecule has 0 radical (unpaired) electrons. The van der Waals surface area contributed by atoms with E-state index in [1.165, 1.54) is 19.3 Å². The molecule has 0 heterocycles. The zero-order chi connectivity index (χ0) is 16.1. The van der Waals surface area contributed by atoms with Gasteiger partial charge in [0.2, 0.25) is 0 Å². The molecule has 0 aliphatic heterocycles. The van der Waals surface area contributed by atoms with E-state index >= 15 is 0 Å². The Balaban J connectivity index is 1.89. The Morgan fingerprint density at radius 1 is 0.957 bits per heavy atom. The highest BCUT2D eigenvalue weighted by molar-refractivity contribution is 6.35. The van der Waals surface area contributed by atoms with E-state index in [1.54, 1.807) is 18.2 Å². The molecular formula is C19H19Cl2NO. The van der Waals surface area contributed by atoms with Gasteiger partial charge < -0.3 is 4.74 Å². The van der Waals surface area contributed by atoms with E-state index in [0.29, 0.717) is 21.7 Å². The van der Waals surface area contributed by atoms with Gasteiger partial charge in [-0.1, -0.05) is 60.7 Å². The van der Waals surface area contributed by atoms with E-state index < -0.39 is 0 Å². The van der Waals surface area contributed by atoms with Crippen LogP contribution in [0.3, 0.4) is 0 Å². The molecule has 2 nitrogen and oxygen atoms in total. The van der Waals surface area contributed by atoms with Crippen LogP contribution in [-0.4, -0.2) is 5.90 Å². The summed E-state index contributed by atoms with van der Waals surface area (Å²) in [5, 5.41) is 1.11. The lowest BCUT2D eigenvalue weighted by Gasteiger charge is -2.23. The van der Waals surface area contributed by atoms with Crippen molar-refractivity contribution in [3.05, 3.63) is 58.6 Å². The predicted molar refractivity (Wildman–Crippen MR) is 97.2 cm³/mol. The molecular weight excluding hydrogens is 329 g/mol. The third-order valence-corrected chi connectivity index (χ3v) is 4.59. The summed E-state index contributed by atoms with van der Waals surface area (Å²) in [6, 6.07) is 15.2. The Kier molecular flexibility index (Phi) is 5.58. The van der Waals surface area contributed by atoms with Crippen molar-refractivity contribution in [1.29, 1.82) is 0 Å². The number of para-hydroxylation sites is 1. The van der Waals surface area contributed by atoms with E-state index in [-0.39, 0.29) is 0 Å². The summed E-state index contributed by atoms with van der Waals surface area (Å²) in [5.41, 5.74) is 0.901. The zero-order valence-electron chi connectivity index (χ0n) is 12.8. The fraction of sp³-hybridized carbons (Fsp3) is 0.316. The number of rotatable bonds is 3. The van der Waals surface area contributed by atoms with Crippen LogP contribution in [0.15, 0.2) is 53.5 Å². The van der Waals surface area contributed by atoms with Crippen molar-refractivity contribution in [3.8, 4) is 5.75 Å². The minimum Gasteiger partial charge on any atom is -0.441 e. The minimum atomic E-state index is 0.343. The quantitative estimate of drug-likeness (QED) is 0.448. The van der Waals surface area contributed by atoms with Gasteiger partial charge in [0.05, 0.1) is 10.7 Å². The Morgan fingerprint density at radius 2 is 1.70 bits per heavy atom. The third kappa shape index (κ3) is 4.49. The van der Waals surface area contributed by atoms with Gasteiger partial charge in [0.1, 0.15) is 5.75 Å². The van der Waals surface area contributed by atoms with Crippen LogP contribution in [-0.2, 0) is 0 Å². The maximum absolute atomic E-state index is 6.25. The molecule has 0 N–H and O–H groups in total.